The number of hydrogen-bond donors (Lipinski definition) is 1. The topological polar surface area (TPSA) is 54.0 Å². The molecule has 1 aromatic carbocycles. The first-order valence-electron chi connectivity index (χ1n) is 7.52. The Hall–Kier alpha value is -1.50. The van der Waals surface area contributed by atoms with Crippen molar-refractivity contribution < 1.29 is 14.3 Å². The molecule has 2 rings (SSSR count). The fraction of sp³-hybridized carbons (Fsp3) is 0.562. The Balaban J connectivity index is 0.00000264. The second-order valence-electron chi connectivity index (χ2n) is 5.49. The quantitative estimate of drug-likeness (QED) is 0.835. The van der Waals surface area contributed by atoms with Gasteiger partial charge in [-0.05, 0) is 24.7 Å². The van der Waals surface area contributed by atoms with E-state index in [-0.39, 0.29) is 18.3 Å². The van der Waals surface area contributed by atoms with Crippen molar-refractivity contribution in [2.24, 2.45) is 0 Å². The molecule has 0 aromatic heterocycles. The first kappa shape index (κ1) is 19.5. The number of halogens is 1. The Labute approximate surface area is 144 Å². The summed E-state index contributed by atoms with van der Waals surface area (Å²) in [4.78, 5) is 16.2. The van der Waals surface area contributed by atoms with Gasteiger partial charge in [-0.2, -0.15) is 0 Å². The molecule has 1 N–H and O–H groups in total. The molecule has 0 saturated carbocycles. The molecule has 1 aromatic rings. The molecule has 0 bridgehead atoms. The van der Waals surface area contributed by atoms with Gasteiger partial charge in [-0.1, -0.05) is 6.07 Å². The van der Waals surface area contributed by atoms with E-state index in [1.807, 2.05) is 35.0 Å². The molecule has 1 heterocycles. The van der Waals surface area contributed by atoms with E-state index >= 15 is 0 Å². The fourth-order valence-electron chi connectivity index (χ4n) is 2.59. The van der Waals surface area contributed by atoms with Gasteiger partial charge in [-0.15, -0.1) is 12.4 Å². The van der Waals surface area contributed by atoms with E-state index in [0.29, 0.717) is 24.6 Å². The predicted molar refractivity (Wildman–Crippen MR) is 92.6 cm³/mol. The van der Waals surface area contributed by atoms with Gasteiger partial charge in [0, 0.05) is 32.7 Å². The largest absolute Gasteiger partial charge is 0.493 e. The number of likely N-dealkylation sites (N-methyl/N-ethyl adjacent to an activating group) is 1. The van der Waals surface area contributed by atoms with E-state index in [2.05, 4.69) is 5.32 Å². The molecule has 1 saturated heterocycles. The molecule has 1 fully saturated rings. The number of nitrogens with one attached hydrogen (secondary N) is 1. The maximum atomic E-state index is 12.2. The fourth-order valence-corrected chi connectivity index (χ4v) is 2.59. The van der Waals surface area contributed by atoms with Crippen molar-refractivity contribution in [1.82, 2.24) is 15.1 Å². The molecular formula is C16H26ClN3O3. The molecule has 0 spiro atoms. The Bertz CT molecular complexity index is 507. The lowest BCUT2D eigenvalue weighted by molar-refractivity contribution is -0.132. The molecular weight excluding hydrogens is 318 g/mol. The Morgan fingerprint density at radius 3 is 2.48 bits per heavy atom. The minimum atomic E-state index is 0. The van der Waals surface area contributed by atoms with Crippen molar-refractivity contribution in [3.63, 3.8) is 0 Å². The van der Waals surface area contributed by atoms with Crippen molar-refractivity contribution >= 4 is 18.3 Å². The zero-order valence-corrected chi connectivity index (χ0v) is 14.8. The lowest BCUT2D eigenvalue weighted by atomic mass is 10.2. The number of rotatable bonds is 6. The van der Waals surface area contributed by atoms with Crippen LogP contribution in [0.2, 0.25) is 0 Å². The lowest BCUT2D eigenvalue weighted by Gasteiger charge is -2.29. The number of piperazine rings is 1. The van der Waals surface area contributed by atoms with Crippen molar-refractivity contribution in [1.29, 1.82) is 0 Å². The molecule has 0 radical (unpaired) electrons. The van der Waals surface area contributed by atoms with Gasteiger partial charge in [-0.25, -0.2) is 0 Å². The highest BCUT2D eigenvalue weighted by atomic mass is 35.5. The van der Waals surface area contributed by atoms with Gasteiger partial charge in [0.05, 0.1) is 20.8 Å². The minimum absolute atomic E-state index is 0. The number of benzene rings is 1. The first-order valence-corrected chi connectivity index (χ1v) is 7.52. The highest BCUT2D eigenvalue weighted by Gasteiger charge is 2.17. The first-order chi connectivity index (χ1) is 10.6. The van der Waals surface area contributed by atoms with Gasteiger partial charge in [0.25, 0.3) is 0 Å². The second kappa shape index (κ2) is 9.60. The zero-order valence-electron chi connectivity index (χ0n) is 14.0. The highest BCUT2D eigenvalue weighted by Crippen LogP contribution is 2.27. The van der Waals surface area contributed by atoms with Crippen LogP contribution in [0.3, 0.4) is 0 Å². The molecule has 0 aliphatic carbocycles. The number of nitrogens with zero attached hydrogens (tertiary/aromatic N) is 2. The predicted octanol–water partition coefficient (Wildman–Crippen LogP) is 0.989. The van der Waals surface area contributed by atoms with Crippen LogP contribution in [-0.4, -0.2) is 69.7 Å². The van der Waals surface area contributed by atoms with Crippen LogP contribution >= 0.6 is 12.4 Å². The summed E-state index contributed by atoms with van der Waals surface area (Å²) in [6.45, 7) is 4.47. The second-order valence-corrected chi connectivity index (χ2v) is 5.49. The number of amides is 1. The summed E-state index contributed by atoms with van der Waals surface area (Å²) >= 11 is 0. The molecule has 1 amide bonds. The highest BCUT2D eigenvalue weighted by molar-refractivity contribution is 5.85. The Kier molecular flexibility index (Phi) is 8.16. The molecule has 6 nitrogen and oxygen atoms in total. The van der Waals surface area contributed by atoms with E-state index in [0.717, 1.165) is 31.7 Å². The molecule has 1 aliphatic rings. The van der Waals surface area contributed by atoms with Crippen LogP contribution in [0.4, 0.5) is 0 Å². The molecule has 7 heteroatoms. The number of hydrogen-bond acceptors (Lipinski definition) is 5. The van der Waals surface area contributed by atoms with Crippen LogP contribution in [-0.2, 0) is 11.3 Å². The van der Waals surface area contributed by atoms with Gasteiger partial charge >= 0.3 is 0 Å². The molecule has 1 aliphatic heterocycles. The minimum Gasteiger partial charge on any atom is -0.493 e. The van der Waals surface area contributed by atoms with Gasteiger partial charge in [0.2, 0.25) is 5.91 Å². The van der Waals surface area contributed by atoms with E-state index in [1.165, 1.54) is 0 Å². The van der Waals surface area contributed by atoms with Crippen LogP contribution < -0.4 is 14.8 Å². The van der Waals surface area contributed by atoms with Crippen molar-refractivity contribution in [3.8, 4) is 11.5 Å². The maximum absolute atomic E-state index is 12.2. The number of methoxy groups -OCH3 is 2. The van der Waals surface area contributed by atoms with Crippen molar-refractivity contribution in [3.05, 3.63) is 23.8 Å². The van der Waals surface area contributed by atoms with Crippen LogP contribution in [0.25, 0.3) is 0 Å². The van der Waals surface area contributed by atoms with E-state index in [4.69, 9.17) is 9.47 Å². The monoisotopic (exact) mass is 343 g/mol. The Morgan fingerprint density at radius 1 is 1.22 bits per heavy atom. The van der Waals surface area contributed by atoms with E-state index < -0.39 is 0 Å². The third-order valence-electron chi connectivity index (χ3n) is 3.78. The lowest BCUT2D eigenvalue weighted by Crippen LogP contribution is -2.49. The summed E-state index contributed by atoms with van der Waals surface area (Å²) in [6, 6.07) is 5.83. The normalized spacial score (nSPS) is 14.3. The third kappa shape index (κ3) is 5.57. The van der Waals surface area contributed by atoms with Gasteiger partial charge in [-0.3, -0.25) is 9.69 Å². The van der Waals surface area contributed by atoms with Crippen LogP contribution in [0, 0.1) is 0 Å². The van der Waals surface area contributed by atoms with E-state index in [9.17, 15) is 4.79 Å². The average molecular weight is 344 g/mol. The van der Waals surface area contributed by atoms with Crippen molar-refractivity contribution in [2.75, 3.05) is 54.0 Å². The number of ether oxygens (including phenoxy) is 2. The molecule has 130 valence electrons. The number of carbonyl (C=O) groups excluding carboxylic acids is 1. The summed E-state index contributed by atoms with van der Waals surface area (Å²) in [5.74, 6) is 1.61. The van der Waals surface area contributed by atoms with Crippen molar-refractivity contribution in [2.45, 2.75) is 6.54 Å². The smallest absolute Gasteiger partial charge is 0.236 e. The molecule has 23 heavy (non-hydrogen) atoms. The van der Waals surface area contributed by atoms with Crippen LogP contribution in [0.15, 0.2) is 18.2 Å². The SMILES string of the molecule is COc1ccc(CN(C)CC(=O)N2CCNCC2)cc1OC.Cl. The van der Waals surface area contributed by atoms with Gasteiger partial charge in [0.1, 0.15) is 0 Å². The third-order valence-corrected chi connectivity index (χ3v) is 3.78. The zero-order chi connectivity index (χ0) is 15.9. The molecule has 0 unspecified atom stereocenters. The van der Waals surface area contributed by atoms with Gasteiger partial charge in [0.15, 0.2) is 11.5 Å². The summed E-state index contributed by atoms with van der Waals surface area (Å²) in [5.41, 5.74) is 1.09. The van der Waals surface area contributed by atoms with E-state index in [1.54, 1.807) is 14.2 Å². The van der Waals surface area contributed by atoms with Crippen LogP contribution in [0.5, 0.6) is 11.5 Å². The van der Waals surface area contributed by atoms with Crippen LogP contribution in [0.1, 0.15) is 5.56 Å². The number of carbonyl (C=O) groups is 1. The van der Waals surface area contributed by atoms with Gasteiger partial charge < -0.3 is 19.7 Å². The summed E-state index contributed by atoms with van der Waals surface area (Å²) in [6.07, 6.45) is 0. The maximum Gasteiger partial charge on any atom is 0.236 e. The summed E-state index contributed by atoms with van der Waals surface area (Å²) in [7, 11) is 5.20. The average Bonchev–Trinajstić information content (AvgIpc) is 2.55. The Morgan fingerprint density at radius 2 is 1.87 bits per heavy atom. The summed E-state index contributed by atoms with van der Waals surface area (Å²) < 4.78 is 10.5. The standard InChI is InChI=1S/C16H25N3O3.ClH/c1-18(12-16(20)19-8-6-17-7-9-19)11-13-4-5-14(21-2)15(10-13)22-3;/h4-5,10,17H,6-9,11-12H2,1-3H3;1H. The summed E-state index contributed by atoms with van der Waals surface area (Å²) in [5, 5.41) is 3.25. The molecule has 0 atom stereocenters.